The van der Waals surface area contributed by atoms with E-state index in [4.69, 9.17) is 9.52 Å². The van der Waals surface area contributed by atoms with Gasteiger partial charge in [0.15, 0.2) is 0 Å². The van der Waals surface area contributed by atoms with Crippen LogP contribution < -0.4 is 5.32 Å². The summed E-state index contributed by atoms with van der Waals surface area (Å²) in [6.07, 6.45) is 0. The minimum atomic E-state index is -0.970. The molecule has 0 aliphatic heterocycles. The van der Waals surface area contributed by atoms with E-state index in [0.717, 1.165) is 0 Å². The Hall–Kier alpha value is -1.96. The van der Waals surface area contributed by atoms with Gasteiger partial charge in [-0.05, 0) is 5.92 Å². The summed E-state index contributed by atoms with van der Waals surface area (Å²) in [6.45, 7) is 5.81. The molecule has 0 aromatic carbocycles. The quantitative estimate of drug-likeness (QED) is 0.736. The third kappa shape index (κ3) is 5.96. The number of nitrogens with zero attached hydrogens (tertiary/aromatic N) is 3. The fraction of sp³-hybridized carbons (Fsp3) is 0.636. The number of carbonyl (C=O) groups excluding carboxylic acids is 1. The van der Waals surface area contributed by atoms with E-state index in [1.54, 1.807) is 11.8 Å². The zero-order valence-corrected chi connectivity index (χ0v) is 11.2. The predicted octanol–water partition coefficient (Wildman–Crippen LogP) is 0.359. The Kier molecular flexibility index (Phi) is 5.43. The van der Waals surface area contributed by atoms with Gasteiger partial charge in [0, 0.05) is 13.5 Å². The van der Waals surface area contributed by atoms with Crippen LogP contribution in [0.25, 0.3) is 0 Å². The Morgan fingerprint density at radius 3 is 2.53 bits per heavy atom. The topological polar surface area (TPSA) is 109 Å². The molecule has 1 heterocycles. The van der Waals surface area contributed by atoms with Crippen LogP contribution in [0.4, 0.5) is 6.01 Å². The van der Waals surface area contributed by atoms with Gasteiger partial charge in [0.1, 0.15) is 0 Å². The maximum Gasteiger partial charge on any atom is 0.322 e. The third-order valence-electron chi connectivity index (χ3n) is 2.12. The van der Waals surface area contributed by atoms with Crippen molar-refractivity contribution in [2.45, 2.75) is 20.8 Å². The summed E-state index contributed by atoms with van der Waals surface area (Å²) >= 11 is 0. The van der Waals surface area contributed by atoms with Crippen LogP contribution in [0.2, 0.25) is 0 Å². The second-order valence-electron chi connectivity index (χ2n) is 4.63. The SMILES string of the molecule is Cc1nnc(NC(=O)CN(CC(=O)O)CC(C)C)o1. The van der Waals surface area contributed by atoms with Crippen LogP contribution in [0, 0.1) is 12.8 Å². The number of carboxylic acid groups (broad SMARTS) is 1. The first-order valence-electron chi connectivity index (χ1n) is 5.91. The van der Waals surface area contributed by atoms with Crippen molar-refractivity contribution in [3.05, 3.63) is 5.89 Å². The zero-order valence-electron chi connectivity index (χ0n) is 11.2. The van der Waals surface area contributed by atoms with Crippen molar-refractivity contribution >= 4 is 17.9 Å². The molecule has 0 aliphatic rings. The molecule has 2 N–H and O–H groups in total. The molecule has 1 amide bonds. The number of carbonyl (C=O) groups is 2. The smallest absolute Gasteiger partial charge is 0.322 e. The number of rotatable bonds is 7. The van der Waals surface area contributed by atoms with Crippen molar-refractivity contribution in [1.29, 1.82) is 0 Å². The number of anilines is 1. The first kappa shape index (κ1) is 15.1. The predicted molar refractivity (Wildman–Crippen MR) is 66.6 cm³/mol. The highest BCUT2D eigenvalue weighted by Crippen LogP contribution is 2.04. The fourth-order valence-electron chi connectivity index (χ4n) is 1.60. The summed E-state index contributed by atoms with van der Waals surface area (Å²) in [7, 11) is 0. The number of aliphatic carboxylic acids is 1. The first-order valence-corrected chi connectivity index (χ1v) is 5.91. The molecule has 1 rings (SSSR count). The highest BCUT2D eigenvalue weighted by molar-refractivity contribution is 5.90. The lowest BCUT2D eigenvalue weighted by Gasteiger charge is -2.21. The van der Waals surface area contributed by atoms with Gasteiger partial charge in [-0.25, -0.2) is 0 Å². The number of amides is 1. The first-order chi connectivity index (χ1) is 8.86. The van der Waals surface area contributed by atoms with Crippen molar-refractivity contribution in [3.63, 3.8) is 0 Å². The van der Waals surface area contributed by atoms with Crippen LogP contribution in [0.1, 0.15) is 19.7 Å². The van der Waals surface area contributed by atoms with Crippen LogP contribution in [-0.4, -0.2) is 51.7 Å². The number of hydrogen-bond acceptors (Lipinski definition) is 6. The molecule has 106 valence electrons. The second kappa shape index (κ2) is 6.83. The molecule has 0 radical (unpaired) electrons. The van der Waals surface area contributed by atoms with Crippen LogP contribution in [0.5, 0.6) is 0 Å². The monoisotopic (exact) mass is 270 g/mol. The molecule has 0 unspecified atom stereocenters. The summed E-state index contributed by atoms with van der Waals surface area (Å²) < 4.78 is 5.01. The van der Waals surface area contributed by atoms with Gasteiger partial charge in [-0.2, -0.15) is 0 Å². The third-order valence-corrected chi connectivity index (χ3v) is 2.12. The van der Waals surface area contributed by atoms with Gasteiger partial charge < -0.3 is 9.52 Å². The van der Waals surface area contributed by atoms with Gasteiger partial charge >= 0.3 is 12.0 Å². The largest absolute Gasteiger partial charge is 0.480 e. The zero-order chi connectivity index (χ0) is 14.4. The number of nitrogens with one attached hydrogen (secondary N) is 1. The molecule has 0 bridgehead atoms. The molecule has 0 spiro atoms. The molecule has 8 nitrogen and oxygen atoms in total. The molecule has 0 atom stereocenters. The molecule has 0 aliphatic carbocycles. The summed E-state index contributed by atoms with van der Waals surface area (Å²) in [4.78, 5) is 24.0. The molecule has 19 heavy (non-hydrogen) atoms. The Balaban J connectivity index is 2.52. The molecule has 0 saturated carbocycles. The molecule has 1 aromatic heterocycles. The lowest BCUT2D eigenvalue weighted by molar-refractivity contribution is -0.138. The van der Waals surface area contributed by atoms with Crippen molar-refractivity contribution < 1.29 is 19.1 Å². The minimum Gasteiger partial charge on any atom is -0.480 e. The van der Waals surface area contributed by atoms with Crippen molar-refractivity contribution in [2.24, 2.45) is 5.92 Å². The highest BCUT2D eigenvalue weighted by Gasteiger charge is 2.16. The molecular weight excluding hydrogens is 252 g/mol. The lowest BCUT2D eigenvalue weighted by Crippen LogP contribution is -2.39. The lowest BCUT2D eigenvalue weighted by atomic mass is 10.2. The molecule has 0 saturated heterocycles. The van der Waals surface area contributed by atoms with Gasteiger partial charge in [0.05, 0.1) is 13.1 Å². The van der Waals surface area contributed by atoms with Gasteiger partial charge in [-0.3, -0.25) is 19.8 Å². The summed E-state index contributed by atoms with van der Waals surface area (Å²) in [5.41, 5.74) is 0. The van der Waals surface area contributed by atoms with E-state index < -0.39 is 5.97 Å². The highest BCUT2D eigenvalue weighted by atomic mass is 16.4. The maximum atomic E-state index is 11.7. The number of aromatic nitrogens is 2. The van der Waals surface area contributed by atoms with E-state index in [2.05, 4.69) is 15.5 Å². The Morgan fingerprint density at radius 2 is 2.05 bits per heavy atom. The number of carboxylic acids is 1. The summed E-state index contributed by atoms with van der Waals surface area (Å²) in [6, 6.07) is 0.0160. The molecule has 8 heteroatoms. The Labute approximate surface area is 110 Å². The average molecular weight is 270 g/mol. The van der Waals surface area contributed by atoms with Crippen LogP contribution >= 0.6 is 0 Å². The van der Waals surface area contributed by atoms with Gasteiger partial charge in [-0.15, -0.1) is 5.10 Å². The van der Waals surface area contributed by atoms with Crippen LogP contribution in [0.15, 0.2) is 4.42 Å². The Morgan fingerprint density at radius 1 is 1.37 bits per heavy atom. The van der Waals surface area contributed by atoms with Gasteiger partial charge in [-0.1, -0.05) is 18.9 Å². The summed E-state index contributed by atoms with van der Waals surface area (Å²) in [5.74, 6) is -0.745. The summed E-state index contributed by atoms with van der Waals surface area (Å²) in [5, 5.41) is 18.4. The van der Waals surface area contributed by atoms with E-state index in [9.17, 15) is 9.59 Å². The van der Waals surface area contributed by atoms with Crippen molar-refractivity contribution in [1.82, 2.24) is 15.1 Å². The maximum absolute atomic E-state index is 11.7. The van der Waals surface area contributed by atoms with Crippen molar-refractivity contribution in [3.8, 4) is 0 Å². The number of aryl methyl sites for hydroxylation is 1. The van der Waals surface area contributed by atoms with E-state index >= 15 is 0 Å². The second-order valence-corrected chi connectivity index (χ2v) is 4.63. The van der Waals surface area contributed by atoms with Gasteiger partial charge in [0.25, 0.3) is 0 Å². The molecular formula is C11H18N4O4. The minimum absolute atomic E-state index is 0.0160. The van der Waals surface area contributed by atoms with Crippen LogP contribution in [-0.2, 0) is 9.59 Å². The molecule has 1 aromatic rings. The van der Waals surface area contributed by atoms with E-state index in [1.807, 2.05) is 13.8 Å². The van der Waals surface area contributed by atoms with Crippen molar-refractivity contribution in [2.75, 3.05) is 25.0 Å². The van der Waals surface area contributed by atoms with Gasteiger partial charge in [0.2, 0.25) is 11.8 Å². The van der Waals surface area contributed by atoms with E-state index in [-0.39, 0.29) is 30.9 Å². The fourth-order valence-corrected chi connectivity index (χ4v) is 1.60. The number of hydrogen-bond donors (Lipinski definition) is 2. The van der Waals surface area contributed by atoms with E-state index in [1.165, 1.54) is 0 Å². The molecule has 0 fully saturated rings. The normalized spacial score (nSPS) is 11.0. The van der Waals surface area contributed by atoms with Crippen LogP contribution in [0.3, 0.4) is 0 Å². The average Bonchev–Trinajstić information content (AvgIpc) is 2.61. The standard InChI is InChI=1S/C11H18N4O4/c1-7(2)4-15(6-10(17)18)5-9(16)12-11-14-13-8(3)19-11/h7H,4-6H2,1-3H3,(H,17,18)(H,12,14,16). The Bertz CT molecular complexity index is 444. The van der Waals surface area contributed by atoms with E-state index in [0.29, 0.717) is 12.4 Å².